The molecule has 3 aromatic rings. The van der Waals surface area contributed by atoms with E-state index in [1.165, 1.54) is 5.56 Å². The molecular weight excluding hydrogens is 316 g/mol. The monoisotopic (exact) mass is 338 g/mol. The summed E-state index contributed by atoms with van der Waals surface area (Å²) < 4.78 is 11.0. The molecule has 1 aliphatic heterocycles. The number of para-hydroxylation sites is 1. The van der Waals surface area contributed by atoms with Gasteiger partial charge < -0.3 is 14.6 Å². The van der Waals surface area contributed by atoms with Crippen molar-refractivity contribution >= 4 is 10.9 Å². The molecule has 1 N–H and O–H groups in total. The first-order chi connectivity index (χ1) is 12.3. The van der Waals surface area contributed by atoms with Crippen LogP contribution in [0.25, 0.3) is 10.9 Å². The van der Waals surface area contributed by atoms with Gasteiger partial charge in [0.2, 0.25) is 5.89 Å². The van der Waals surface area contributed by atoms with Crippen molar-refractivity contribution in [2.45, 2.75) is 32.4 Å². The number of hydrogen-bond acceptors (Lipinski definition) is 6. The molecule has 0 bridgehead atoms. The maximum Gasteiger partial charge on any atom is 0.244 e. The number of aryl methyl sites for hydroxylation is 1. The van der Waals surface area contributed by atoms with E-state index in [9.17, 15) is 0 Å². The van der Waals surface area contributed by atoms with Crippen molar-refractivity contribution < 1.29 is 9.26 Å². The van der Waals surface area contributed by atoms with Gasteiger partial charge in [-0.3, -0.25) is 4.98 Å². The minimum atomic E-state index is 0.0315. The van der Waals surface area contributed by atoms with Gasteiger partial charge in [0.05, 0.1) is 11.6 Å². The smallest absolute Gasteiger partial charge is 0.244 e. The van der Waals surface area contributed by atoms with Gasteiger partial charge in [-0.1, -0.05) is 29.4 Å². The van der Waals surface area contributed by atoms with E-state index in [1.807, 2.05) is 19.2 Å². The number of rotatable bonds is 5. The largest absolute Gasteiger partial charge is 0.381 e. The van der Waals surface area contributed by atoms with Crippen LogP contribution in [0.3, 0.4) is 0 Å². The van der Waals surface area contributed by atoms with Crippen LogP contribution in [0.4, 0.5) is 0 Å². The summed E-state index contributed by atoms with van der Waals surface area (Å²) in [6.07, 6.45) is 3.82. The number of aromatic nitrogens is 3. The second kappa shape index (κ2) is 7.29. The SMILES string of the molecule is Cc1noc(C(NCc2cccc3cccnc23)C2CCOCC2)n1. The van der Waals surface area contributed by atoms with Crippen LogP contribution in [0.1, 0.15) is 36.2 Å². The Morgan fingerprint density at radius 3 is 2.84 bits per heavy atom. The van der Waals surface area contributed by atoms with Gasteiger partial charge in [-0.05, 0) is 37.3 Å². The van der Waals surface area contributed by atoms with Crippen LogP contribution in [-0.2, 0) is 11.3 Å². The summed E-state index contributed by atoms with van der Waals surface area (Å²) in [6, 6.07) is 10.4. The first-order valence-corrected chi connectivity index (χ1v) is 8.75. The third-order valence-corrected chi connectivity index (χ3v) is 4.78. The van der Waals surface area contributed by atoms with Crippen LogP contribution >= 0.6 is 0 Å². The number of fused-ring (bicyclic) bond motifs is 1. The van der Waals surface area contributed by atoms with Crippen LogP contribution < -0.4 is 5.32 Å². The molecule has 0 saturated carbocycles. The van der Waals surface area contributed by atoms with Crippen molar-refractivity contribution in [1.82, 2.24) is 20.4 Å². The zero-order valence-electron chi connectivity index (χ0n) is 14.3. The van der Waals surface area contributed by atoms with Crippen molar-refractivity contribution in [3.8, 4) is 0 Å². The Bertz CT molecular complexity index is 837. The number of ether oxygens (including phenoxy) is 1. The van der Waals surface area contributed by atoms with Crippen molar-refractivity contribution in [3.05, 3.63) is 53.8 Å². The number of nitrogens with one attached hydrogen (secondary N) is 1. The molecule has 1 aliphatic rings. The van der Waals surface area contributed by atoms with E-state index >= 15 is 0 Å². The first-order valence-electron chi connectivity index (χ1n) is 8.75. The molecule has 0 radical (unpaired) electrons. The highest BCUT2D eigenvalue weighted by Crippen LogP contribution is 2.30. The maximum absolute atomic E-state index is 5.51. The zero-order valence-corrected chi connectivity index (χ0v) is 14.3. The summed E-state index contributed by atoms with van der Waals surface area (Å²) in [6.45, 7) is 4.12. The van der Waals surface area contributed by atoms with E-state index in [0.717, 1.165) is 37.0 Å². The first kappa shape index (κ1) is 16.2. The fourth-order valence-electron chi connectivity index (χ4n) is 3.47. The molecule has 0 spiro atoms. The maximum atomic E-state index is 5.51. The zero-order chi connectivity index (χ0) is 17.1. The fourth-order valence-corrected chi connectivity index (χ4v) is 3.47. The third-order valence-electron chi connectivity index (χ3n) is 4.78. The number of nitrogens with zero attached hydrogens (tertiary/aromatic N) is 3. The van der Waals surface area contributed by atoms with Gasteiger partial charge in [0.1, 0.15) is 0 Å². The summed E-state index contributed by atoms with van der Waals surface area (Å²) in [4.78, 5) is 9.00. The van der Waals surface area contributed by atoms with Crippen LogP contribution in [-0.4, -0.2) is 28.3 Å². The summed E-state index contributed by atoms with van der Waals surface area (Å²) in [5, 5.41) is 8.75. The summed E-state index contributed by atoms with van der Waals surface area (Å²) in [5.41, 5.74) is 2.20. The Morgan fingerprint density at radius 2 is 2.04 bits per heavy atom. The normalized spacial score (nSPS) is 17.0. The Kier molecular flexibility index (Phi) is 4.72. The van der Waals surface area contributed by atoms with Crippen LogP contribution in [0, 0.1) is 12.8 Å². The molecule has 0 aliphatic carbocycles. The molecular formula is C19H22N4O2. The molecule has 1 atom stereocenters. The van der Waals surface area contributed by atoms with E-state index < -0.39 is 0 Å². The lowest BCUT2D eigenvalue weighted by atomic mass is 9.91. The van der Waals surface area contributed by atoms with Gasteiger partial charge >= 0.3 is 0 Å². The Hall–Kier alpha value is -2.31. The van der Waals surface area contributed by atoms with E-state index in [2.05, 4.69) is 44.7 Å². The third kappa shape index (κ3) is 3.55. The minimum absolute atomic E-state index is 0.0315. The lowest BCUT2D eigenvalue weighted by Crippen LogP contribution is -2.32. The van der Waals surface area contributed by atoms with Crippen molar-refractivity contribution in [3.63, 3.8) is 0 Å². The van der Waals surface area contributed by atoms with Gasteiger partial charge in [-0.15, -0.1) is 0 Å². The number of hydrogen-bond donors (Lipinski definition) is 1. The molecule has 6 nitrogen and oxygen atoms in total. The van der Waals surface area contributed by atoms with Crippen molar-refractivity contribution in [2.24, 2.45) is 5.92 Å². The predicted molar refractivity (Wildman–Crippen MR) is 93.9 cm³/mol. The molecule has 1 saturated heterocycles. The van der Waals surface area contributed by atoms with Crippen molar-refractivity contribution in [2.75, 3.05) is 13.2 Å². The molecule has 25 heavy (non-hydrogen) atoms. The highest BCUT2D eigenvalue weighted by atomic mass is 16.5. The van der Waals surface area contributed by atoms with Gasteiger partial charge in [-0.2, -0.15) is 4.98 Å². The van der Waals surface area contributed by atoms with Gasteiger partial charge in [-0.25, -0.2) is 0 Å². The summed E-state index contributed by atoms with van der Waals surface area (Å²) >= 11 is 0. The second-order valence-electron chi connectivity index (χ2n) is 6.48. The Balaban J connectivity index is 1.57. The second-order valence-corrected chi connectivity index (χ2v) is 6.48. The van der Waals surface area contributed by atoms with Gasteiger partial charge in [0.15, 0.2) is 5.82 Å². The van der Waals surface area contributed by atoms with Crippen LogP contribution in [0.5, 0.6) is 0 Å². The average Bonchev–Trinajstić information content (AvgIpc) is 3.09. The van der Waals surface area contributed by atoms with Crippen molar-refractivity contribution in [1.29, 1.82) is 0 Å². The average molecular weight is 338 g/mol. The molecule has 6 heteroatoms. The highest BCUT2D eigenvalue weighted by molar-refractivity contribution is 5.81. The molecule has 1 fully saturated rings. The van der Waals surface area contributed by atoms with E-state index in [0.29, 0.717) is 24.2 Å². The quantitative estimate of drug-likeness (QED) is 0.770. The molecule has 0 amide bonds. The Morgan fingerprint density at radius 1 is 1.20 bits per heavy atom. The van der Waals surface area contributed by atoms with Gasteiger partial charge in [0.25, 0.3) is 0 Å². The standard InChI is InChI=1S/C19H22N4O2/c1-13-22-19(25-23-13)18(15-7-10-24-11-8-15)21-12-16-5-2-4-14-6-3-9-20-17(14)16/h2-6,9,15,18,21H,7-8,10-12H2,1H3. The molecule has 2 aromatic heterocycles. The number of benzene rings is 1. The highest BCUT2D eigenvalue weighted by Gasteiger charge is 2.29. The predicted octanol–water partition coefficient (Wildman–Crippen LogP) is 3.18. The lowest BCUT2D eigenvalue weighted by Gasteiger charge is -2.28. The Labute approximate surface area is 146 Å². The molecule has 4 rings (SSSR count). The van der Waals surface area contributed by atoms with Gasteiger partial charge in [0, 0.05) is 31.3 Å². The minimum Gasteiger partial charge on any atom is -0.381 e. The van der Waals surface area contributed by atoms with Crippen LogP contribution in [0.2, 0.25) is 0 Å². The lowest BCUT2D eigenvalue weighted by molar-refractivity contribution is 0.0485. The van der Waals surface area contributed by atoms with E-state index in [-0.39, 0.29) is 6.04 Å². The molecule has 3 heterocycles. The van der Waals surface area contributed by atoms with E-state index in [4.69, 9.17) is 9.26 Å². The topological polar surface area (TPSA) is 73.1 Å². The molecule has 1 aromatic carbocycles. The summed E-state index contributed by atoms with van der Waals surface area (Å²) in [5.74, 6) is 1.76. The fraction of sp³-hybridized carbons (Fsp3) is 0.421. The molecule has 1 unspecified atom stereocenters. The molecule has 130 valence electrons. The number of pyridine rings is 1. The van der Waals surface area contributed by atoms with E-state index in [1.54, 1.807) is 0 Å². The summed E-state index contributed by atoms with van der Waals surface area (Å²) in [7, 11) is 0. The van der Waals surface area contributed by atoms with Crippen LogP contribution in [0.15, 0.2) is 41.1 Å².